The maximum Gasteiger partial charge on any atom is 0.251 e. The number of hydrogen-bond donors (Lipinski definition) is 2. The zero-order chi connectivity index (χ0) is 19.9. The molecule has 3 rings (SSSR count). The first-order chi connectivity index (χ1) is 13.5. The molecule has 1 atom stereocenters. The number of aromatic amines is 1. The van der Waals surface area contributed by atoms with Crippen LogP contribution in [-0.2, 0) is 17.0 Å². The number of nitrogens with zero attached hydrogens (tertiary/aromatic N) is 1. The van der Waals surface area contributed by atoms with Crippen molar-refractivity contribution in [3.8, 4) is 0 Å². The Hall–Kier alpha value is -2.93. The number of hydrogen-bond acceptors (Lipinski definition) is 4. The lowest BCUT2D eigenvalue weighted by atomic mass is 10.1. The molecule has 0 aliphatic heterocycles. The lowest BCUT2D eigenvalue weighted by Gasteiger charge is -2.14. The maximum atomic E-state index is 13.0. The van der Waals surface area contributed by atoms with Crippen molar-refractivity contribution in [2.45, 2.75) is 30.3 Å². The summed E-state index contributed by atoms with van der Waals surface area (Å²) in [5.74, 6) is 0.0335. The van der Waals surface area contributed by atoms with E-state index in [1.54, 1.807) is 12.1 Å². The van der Waals surface area contributed by atoms with Gasteiger partial charge in [0.05, 0.1) is 18.2 Å². The number of rotatable bonds is 7. The van der Waals surface area contributed by atoms with E-state index in [2.05, 4.69) is 15.3 Å². The standard InChI is InChI=1S/C21H20FN3O2S/c1-14(16-5-3-2-4-6-16)23-19(26)11-18-12-20(27)25-21(24-18)28-13-15-7-9-17(22)10-8-15/h2-10,12,14H,11,13H2,1H3,(H,23,26)(H,24,25,27). The topological polar surface area (TPSA) is 74.8 Å². The number of H-pyrrole nitrogens is 1. The van der Waals surface area contributed by atoms with E-state index in [0.29, 0.717) is 16.6 Å². The smallest absolute Gasteiger partial charge is 0.251 e. The van der Waals surface area contributed by atoms with E-state index in [1.165, 1.54) is 30.0 Å². The zero-order valence-electron chi connectivity index (χ0n) is 15.3. The molecule has 0 fully saturated rings. The highest BCUT2D eigenvalue weighted by Gasteiger charge is 2.12. The van der Waals surface area contributed by atoms with Gasteiger partial charge in [0.25, 0.3) is 5.56 Å². The molecule has 0 aliphatic carbocycles. The third kappa shape index (κ3) is 5.79. The van der Waals surface area contributed by atoms with E-state index in [-0.39, 0.29) is 29.7 Å². The van der Waals surface area contributed by atoms with Crippen LogP contribution >= 0.6 is 11.8 Å². The first kappa shape index (κ1) is 19.8. The minimum atomic E-state index is -0.310. The van der Waals surface area contributed by atoms with Crippen molar-refractivity contribution < 1.29 is 9.18 Å². The van der Waals surface area contributed by atoms with E-state index < -0.39 is 0 Å². The summed E-state index contributed by atoms with van der Waals surface area (Å²) >= 11 is 1.32. The molecule has 1 heterocycles. The highest BCUT2D eigenvalue weighted by Crippen LogP contribution is 2.19. The van der Waals surface area contributed by atoms with Crippen molar-refractivity contribution in [3.63, 3.8) is 0 Å². The van der Waals surface area contributed by atoms with Crippen LogP contribution < -0.4 is 10.9 Å². The number of aromatic nitrogens is 2. The molecular weight excluding hydrogens is 377 g/mol. The molecule has 0 bridgehead atoms. The van der Waals surface area contributed by atoms with Crippen LogP contribution in [0, 0.1) is 5.82 Å². The quantitative estimate of drug-likeness (QED) is 0.472. The van der Waals surface area contributed by atoms with Gasteiger partial charge in [0.1, 0.15) is 5.82 Å². The molecule has 1 aromatic heterocycles. The van der Waals surface area contributed by atoms with Gasteiger partial charge in [0.2, 0.25) is 5.91 Å². The molecule has 1 unspecified atom stereocenters. The monoisotopic (exact) mass is 397 g/mol. The molecule has 3 aromatic rings. The van der Waals surface area contributed by atoms with Gasteiger partial charge in [-0.25, -0.2) is 9.37 Å². The van der Waals surface area contributed by atoms with Gasteiger partial charge in [-0.15, -0.1) is 0 Å². The Bertz CT molecular complexity index is 991. The molecule has 0 spiro atoms. The second-order valence-electron chi connectivity index (χ2n) is 6.33. The number of nitrogens with one attached hydrogen (secondary N) is 2. The second-order valence-corrected chi connectivity index (χ2v) is 7.30. The Balaban J connectivity index is 1.61. The molecule has 28 heavy (non-hydrogen) atoms. The second kappa shape index (κ2) is 9.32. The van der Waals surface area contributed by atoms with Crippen LogP contribution in [0.1, 0.15) is 29.8 Å². The normalized spacial score (nSPS) is 11.8. The number of carbonyl (C=O) groups excluding carboxylic acids is 1. The average Bonchev–Trinajstić information content (AvgIpc) is 2.67. The summed E-state index contributed by atoms with van der Waals surface area (Å²) in [6.45, 7) is 1.91. The highest BCUT2D eigenvalue weighted by atomic mass is 32.2. The summed E-state index contributed by atoms with van der Waals surface area (Å²) in [6.07, 6.45) is 0.0190. The molecule has 144 valence electrons. The molecular formula is C21H20FN3O2S. The van der Waals surface area contributed by atoms with Crippen LogP contribution in [0.2, 0.25) is 0 Å². The largest absolute Gasteiger partial charge is 0.349 e. The lowest BCUT2D eigenvalue weighted by Crippen LogP contribution is -2.29. The summed E-state index contributed by atoms with van der Waals surface area (Å²) < 4.78 is 13.0. The summed E-state index contributed by atoms with van der Waals surface area (Å²) in [5.41, 5.74) is 2.01. The van der Waals surface area contributed by atoms with Crippen molar-refractivity contribution in [1.29, 1.82) is 0 Å². The van der Waals surface area contributed by atoms with Gasteiger partial charge in [-0.05, 0) is 30.2 Å². The van der Waals surface area contributed by atoms with Gasteiger partial charge in [0, 0.05) is 11.8 Å². The van der Waals surface area contributed by atoms with Crippen molar-refractivity contribution in [3.05, 3.63) is 93.7 Å². The van der Waals surface area contributed by atoms with Crippen molar-refractivity contribution in [1.82, 2.24) is 15.3 Å². The van der Waals surface area contributed by atoms with Crippen LogP contribution in [0.4, 0.5) is 4.39 Å². The Kier molecular flexibility index (Phi) is 6.60. The predicted molar refractivity (Wildman–Crippen MR) is 108 cm³/mol. The van der Waals surface area contributed by atoms with Gasteiger partial charge < -0.3 is 10.3 Å². The van der Waals surface area contributed by atoms with Crippen molar-refractivity contribution >= 4 is 17.7 Å². The van der Waals surface area contributed by atoms with Gasteiger partial charge in [-0.3, -0.25) is 9.59 Å². The lowest BCUT2D eigenvalue weighted by molar-refractivity contribution is -0.121. The number of amides is 1. The molecule has 0 radical (unpaired) electrons. The summed E-state index contributed by atoms with van der Waals surface area (Å²) in [4.78, 5) is 31.2. The van der Waals surface area contributed by atoms with Gasteiger partial charge in [-0.1, -0.05) is 54.2 Å². The van der Waals surface area contributed by atoms with E-state index >= 15 is 0 Å². The fourth-order valence-electron chi connectivity index (χ4n) is 2.66. The number of carbonyl (C=O) groups is 1. The third-order valence-corrected chi connectivity index (χ3v) is 5.03. The Labute approximate surface area is 166 Å². The summed E-state index contributed by atoms with van der Waals surface area (Å²) in [5, 5.41) is 3.34. The Morgan fingerprint density at radius 3 is 2.61 bits per heavy atom. The molecule has 0 aliphatic rings. The fraction of sp³-hybridized carbons (Fsp3) is 0.190. The van der Waals surface area contributed by atoms with Crippen molar-refractivity contribution in [2.24, 2.45) is 0 Å². The van der Waals surface area contributed by atoms with E-state index in [0.717, 1.165) is 11.1 Å². The summed E-state index contributed by atoms with van der Waals surface area (Å²) in [6, 6.07) is 17.0. The van der Waals surface area contributed by atoms with Crippen LogP contribution in [0.5, 0.6) is 0 Å². The minimum Gasteiger partial charge on any atom is -0.349 e. The molecule has 2 aromatic carbocycles. The maximum absolute atomic E-state index is 13.0. The first-order valence-corrected chi connectivity index (χ1v) is 9.80. The van der Waals surface area contributed by atoms with E-state index in [4.69, 9.17) is 0 Å². The van der Waals surface area contributed by atoms with Crippen LogP contribution in [0.15, 0.2) is 70.6 Å². The van der Waals surface area contributed by atoms with E-state index in [1.807, 2.05) is 37.3 Å². The number of thioether (sulfide) groups is 1. The van der Waals surface area contributed by atoms with Gasteiger partial charge in [-0.2, -0.15) is 0 Å². The van der Waals surface area contributed by atoms with Gasteiger partial charge in [0.15, 0.2) is 5.16 Å². The van der Waals surface area contributed by atoms with Crippen molar-refractivity contribution in [2.75, 3.05) is 0 Å². The number of benzene rings is 2. The molecule has 0 saturated heterocycles. The van der Waals surface area contributed by atoms with E-state index in [9.17, 15) is 14.0 Å². The molecule has 0 saturated carbocycles. The first-order valence-electron chi connectivity index (χ1n) is 8.81. The Morgan fingerprint density at radius 2 is 1.89 bits per heavy atom. The third-order valence-electron chi connectivity index (χ3n) is 4.08. The number of halogens is 1. The minimum absolute atomic E-state index is 0.0190. The SMILES string of the molecule is CC(NC(=O)Cc1cc(=O)[nH]c(SCc2ccc(F)cc2)n1)c1ccccc1. The molecule has 2 N–H and O–H groups in total. The molecule has 5 nitrogen and oxygen atoms in total. The fourth-order valence-corrected chi connectivity index (χ4v) is 3.51. The predicted octanol–water partition coefficient (Wildman–Crippen LogP) is 3.62. The highest BCUT2D eigenvalue weighted by molar-refractivity contribution is 7.98. The van der Waals surface area contributed by atoms with Gasteiger partial charge >= 0.3 is 0 Å². The van der Waals surface area contributed by atoms with Crippen LogP contribution in [0.25, 0.3) is 0 Å². The summed E-state index contributed by atoms with van der Waals surface area (Å²) in [7, 11) is 0. The Morgan fingerprint density at radius 1 is 1.18 bits per heavy atom. The zero-order valence-corrected chi connectivity index (χ0v) is 16.1. The van der Waals surface area contributed by atoms with Crippen LogP contribution in [-0.4, -0.2) is 15.9 Å². The average molecular weight is 397 g/mol. The molecule has 1 amide bonds. The molecule has 7 heteroatoms. The van der Waals surface area contributed by atoms with Crippen LogP contribution in [0.3, 0.4) is 0 Å².